The van der Waals surface area contributed by atoms with Crippen LogP contribution >= 0.6 is 0 Å². The maximum absolute atomic E-state index is 8.88. The number of hydrogen-bond donors (Lipinski definition) is 2. The summed E-state index contributed by atoms with van der Waals surface area (Å²) in [7, 11) is 0. The average Bonchev–Trinajstić information content (AvgIpc) is 2.35. The highest BCUT2D eigenvalue weighted by atomic mass is 16.5. The van der Waals surface area contributed by atoms with E-state index in [1.54, 1.807) is 6.92 Å². The highest BCUT2D eigenvalue weighted by Gasteiger charge is 2.19. The third-order valence-electron chi connectivity index (χ3n) is 1.62. The summed E-state index contributed by atoms with van der Waals surface area (Å²) in [6.07, 6.45) is 0.504. The Kier molecular flexibility index (Phi) is 2.49. The lowest BCUT2D eigenvalue weighted by molar-refractivity contribution is 0.198. The number of rotatable bonds is 3. The maximum Gasteiger partial charge on any atom is 0.138 e. The van der Waals surface area contributed by atoms with Gasteiger partial charge in [0.15, 0.2) is 0 Å². The number of aromatic nitrogens is 1. The van der Waals surface area contributed by atoms with Gasteiger partial charge < -0.3 is 15.4 Å². The van der Waals surface area contributed by atoms with Crippen molar-refractivity contribution in [3.8, 4) is 0 Å². The monoisotopic (exact) mass is 170 g/mol. The minimum atomic E-state index is -0.619. The predicted molar refractivity (Wildman–Crippen MR) is 44.6 cm³/mol. The molecule has 12 heavy (non-hydrogen) atoms. The molecule has 0 radical (unpaired) electrons. The molecule has 1 rings (SSSR count). The largest absolute Gasteiger partial charge is 0.394 e. The second-order valence-corrected chi connectivity index (χ2v) is 3.42. The third kappa shape index (κ3) is 2.32. The highest BCUT2D eigenvalue weighted by molar-refractivity contribution is 5.06. The molecule has 0 aliphatic rings. The van der Waals surface area contributed by atoms with Crippen LogP contribution in [-0.4, -0.2) is 22.4 Å². The van der Waals surface area contributed by atoms with Gasteiger partial charge in [-0.2, -0.15) is 0 Å². The van der Waals surface area contributed by atoms with Gasteiger partial charge >= 0.3 is 0 Å². The average molecular weight is 170 g/mol. The van der Waals surface area contributed by atoms with E-state index in [0.717, 1.165) is 5.69 Å². The van der Waals surface area contributed by atoms with E-state index < -0.39 is 5.54 Å². The van der Waals surface area contributed by atoms with Crippen molar-refractivity contribution in [3.63, 3.8) is 0 Å². The number of nitrogens with zero attached hydrogens (tertiary/aromatic N) is 1. The zero-order valence-corrected chi connectivity index (χ0v) is 7.37. The zero-order chi connectivity index (χ0) is 9.19. The molecule has 0 saturated carbocycles. The number of aryl methyl sites for hydroxylation is 1. The van der Waals surface area contributed by atoms with Crippen molar-refractivity contribution in [3.05, 3.63) is 17.5 Å². The van der Waals surface area contributed by atoms with Gasteiger partial charge in [0.25, 0.3) is 0 Å². The maximum atomic E-state index is 8.88. The first-order chi connectivity index (χ1) is 5.53. The normalized spacial score (nSPS) is 16.0. The number of hydrogen-bond acceptors (Lipinski definition) is 4. The summed E-state index contributed by atoms with van der Waals surface area (Å²) in [5.74, 6) is 0.714. The molecule has 0 amide bonds. The molecule has 0 bridgehead atoms. The molecule has 1 aromatic rings. The quantitative estimate of drug-likeness (QED) is 0.681. The van der Waals surface area contributed by atoms with E-state index in [-0.39, 0.29) is 6.61 Å². The fraction of sp³-hybridized carbons (Fsp3) is 0.625. The van der Waals surface area contributed by atoms with Crippen LogP contribution in [0.3, 0.4) is 0 Å². The molecule has 0 spiro atoms. The van der Waals surface area contributed by atoms with Gasteiger partial charge in [-0.3, -0.25) is 0 Å². The molecule has 4 heteroatoms. The van der Waals surface area contributed by atoms with Gasteiger partial charge in [-0.1, -0.05) is 5.16 Å². The molecule has 1 atom stereocenters. The lowest BCUT2D eigenvalue weighted by Crippen LogP contribution is -2.42. The van der Waals surface area contributed by atoms with Crippen molar-refractivity contribution < 1.29 is 9.63 Å². The summed E-state index contributed by atoms with van der Waals surface area (Å²) in [5.41, 5.74) is 5.93. The number of aliphatic hydroxyl groups is 1. The Bertz CT molecular complexity index is 255. The van der Waals surface area contributed by atoms with Gasteiger partial charge in [-0.15, -0.1) is 0 Å². The van der Waals surface area contributed by atoms with Crippen LogP contribution in [0.2, 0.25) is 0 Å². The first kappa shape index (κ1) is 9.22. The van der Waals surface area contributed by atoms with Gasteiger partial charge in [0, 0.05) is 18.0 Å². The fourth-order valence-corrected chi connectivity index (χ4v) is 0.954. The van der Waals surface area contributed by atoms with Crippen LogP contribution in [0.1, 0.15) is 18.4 Å². The lowest BCUT2D eigenvalue weighted by Gasteiger charge is -2.19. The highest BCUT2D eigenvalue weighted by Crippen LogP contribution is 2.10. The molecule has 3 N–H and O–H groups in total. The Balaban J connectivity index is 2.63. The zero-order valence-electron chi connectivity index (χ0n) is 7.37. The van der Waals surface area contributed by atoms with E-state index in [1.165, 1.54) is 0 Å². The molecular weight excluding hydrogens is 156 g/mol. The van der Waals surface area contributed by atoms with Crippen LogP contribution in [-0.2, 0) is 6.42 Å². The molecule has 4 nitrogen and oxygen atoms in total. The standard InChI is InChI=1S/C8H14N2O2/c1-6-3-7(12-10-6)4-8(2,9)5-11/h3,11H,4-5,9H2,1-2H3. The van der Waals surface area contributed by atoms with E-state index in [2.05, 4.69) is 5.16 Å². The van der Waals surface area contributed by atoms with Crippen LogP contribution in [0.4, 0.5) is 0 Å². The molecule has 1 heterocycles. The summed E-state index contributed by atoms with van der Waals surface area (Å²) in [6, 6.07) is 1.82. The van der Waals surface area contributed by atoms with E-state index >= 15 is 0 Å². The molecule has 0 aromatic carbocycles. The van der Waals surface area contributed by atoms with Gasteiger partial charge in [0.05, 0.1) is 12.3 Å². The minimum Gasteiger partial charge on any atom is -0.394 e. The van der Waals surface area contributed by atoms with Crippen LogP contribution < -0.4 is 5.73 Å². The van der Waals surface area contributed by atoms with Crippen molar-refractivity contribution in [2.45, 2.75) is 25.8 Å². The van der Waals surface area contributed by atoms with Crippen LogP contribution in [0.15, 0.2) is 10.6 Å². The molecule has 1 aromatic heterocycles. The Labute approximate surface area is 71.4 Å². The topological polar surface area (TPSA) is 72.3 Å². The van der Waals surface area contributed by atoms with Crippen LogP contribution in [0.5, 0.6) is 0 Å². The molecule has 1 unspecified atom stereocenters. The van der Waals surface area contributed by atoms with Crippen LogP contribution in [0, 0.1) is 6.92 Å². The molecule has 0 saturated heterocycles. The van der Waals surface area contributed by atoms with Crippen molar-refractivity contribution in [2.75, 3.05) is 6.61 Å². The SMILES string of the molecule is Cc1cc(CC(C)(N)CO)on1. The van der Waals surface area contributed by atoms with E-state index in [4.69, 9.17) is 15.4 Å². The minimum absolute atomic E-state index is 0.0628. The van der Waals surface area contributed by atoms with Crippen molar-refractivity contribution in [2.24, 2.45) is 5.73 Å². The molecule has 0 aliphatic carbocycles. The summed E-state index contributed by atoms with van der Waals surface area (Å²) in [5, 5.41) is 12.6. The van der Waals surface area contributed by atoms with Gasteiger partial charge in [0.1, 0.15) is 5.76 Å². The molecule has 0 fully saturated rings. The summed E-state index contributed by atoms with van der Waals surface area (Å²) in [6.45, 7) is 3.55. The van der Waals surface area contributed by atoms with Gasteiger partial charge in [0.2, 0.25) is 0 Å². The molecule has 68 valence electrons. The van der Waals surface area contributed by atoms with Crippen molar-refractivity contribution in [1.29, 1.82) is 0 Å². The lowest BCUT2D eigenvalue weighted by atomic mass is 9.99. The smallest absolute Gasteiger partial charge is 0.138 e. The second kappa shape index (κ2) is 3.25. The number of aliphatic hydroxyl groups excluding tert-OH is 1. The summed E-state index contributed by atoms with van der Waals surface area (Å²) >= 11 is 0. The second-order valence-electron chi connectivity index (χ2n) is 3.42. The third-order valence-corrected chi connectivity index (χ3v) is 1.62. The number of nitrogens with two attached hydrogens (primary N) is 1. The molecule has 0 aliphatic heterocycles. The molecular formula is C8H14N2O2. The Morgan fingerprint density at radius 2 is 2.42 bits per heavy atom. The predicted octanol–water partition coefficient (Wildman–Crippen LogP) is 0.235. The van der Waals surface area contributed by atoms with E-state index in [1.807, 2.05) is 13.0 Å². The summed E-state index contributed by atoms with van der Waals surface area (Å²) < 4.78 is 4.96. The Morgan fingerprint density at radius 1 is 1.75 bits per heavy atom. The first-order valence-electron chi connectivity index (χ1n) is 3.85. The summed E-state index contributed by atoms with van der Waals surface area (Å²) in [4.78, 5) is 0. The first-order valence-corrected chi connectivity index (χ1v) is 3.85. The van der Waals surface area contributed by atoms with E-state index in [0.29, 0.717) is 12.2 Å². The van der Waals surface area contributed by atoms with Crippen molar-refractivity contribution >= 4 is 0 Å². The Hall–Kier alpha value is -0.870. The Morgan fingerprint density at radius 3 is 2.83 bits per heavy atom. The van der Waals surface area contributed by atoms with Crippen LogP contribution in [0.25, 0.3) is 0 Å². The van der Waals surface area contributed by atoms with Gasteiger partial charge in [-0.05, 0) is 13.8 Å². The van der Waals surface area contributed by atoms with E-state index in [9.17, 15) is 0 Å². The van der Waals surface area contributed by atoms with Crippen molar-refractivity contribution in [1.82, 2.24) is 5.16 Å². The van der Waals surface area contributed by atoms with Gasteiger partial charge in [-0.25, -0.2) is 0 Å². The fourth-order valence-electron chi connectivity index (χ4n) is 0.954.